The first-order chi connectivity index (χ1) is 18.5. The molecule has 1 heterocycles. The highest BCUT2D eigenvalue weighted by Crippen LogP contribution is 2.36. The number of nitrogens with zero attached hydrogens (tertiary/aromatic N) is 1. The second-order valence-corrected chi connectivity index (χ2v) is 12.1. The van der Waals surface area contributed by atoms with Crippen LogP contribution in [0.5, 0.6) is 0 Å². The predicted molar refractivity (Wildman–Crippen MR) is 151 cm³/mol. The lowest BCUT2D eigenvalue weighted by Crippen LogP contribution is -2.54. The van der Waals surface area contributed by atoms with Crippen LogP contribution in [-0.2, 0) is 16.0 Å². The Balaban J connectivity index is 1.27. The first-order valence-electron chi connectivity index (χ1n) is 13.7. The van der Waals surface area contributed by atoms with Gasteiger partial charge in [0.05, 0.1) is 22.5 Å². The average Bonchev–Trinajstić information content (AvgIpc) is 2.90. The van der Waals surface area contributed by atoms with Gasteiger partial charge in [0.25, 0.3) is 0 Å². The van der Waals surface area contributed by atoms with Crippen molar-refractivity contribution >= 4 is 35.0 Å². The van der Waals surface area contributed by atoms with Gasteiger partial charge in [-0.3, -0.25) is 9.59 Å². The summed E-state index contributed by atoms with van der Waals surface area (Å²) in [4.78, 5) is 28.1. The smallest absolute Gasteiger partial charge is 0.248 e. The van der Waals surface area contributed by atoms with Crippen LogP contribution < -0.4 is 10.6 Å². The fourth-order valence-corrected chi connectivity index (χ4v) is 5.84. The van der Waals surface area contributed by atoms with Crippen LogP contribution in [0.2, 0.25) is 10.0 Å². The van der Waals surface area contributed by atoms with E-state index in [0.29, 0.717) is 10.0 Å². The Morgan fingerprint density at radius 2 is 1.67 bits per heavy atom. The maximum Gasteiger partial charge on any atom is 0.248 e. The van der Waals surface area contributed by atoms with Crippen LogP contribution in [0, 0.1) is 5.92 Å². The third-order valence-corrected chi connectivity index (χ3v) is 8.83. The molecule has 0 radical (unpaired) electrons. The van der Waals surface area contributed by atoms with Gasteiger partial charge in [-0.25, -0.2) is 8.78 Å². The fourth-order valence-electron chi connectivity index (χ4n) is 5.52. The van der Waals surface area contributed by atoms with Gasteiger partial charge < -0.3 is 15.5 Å². The maximum absolute atomic E-state index is 13.6. The zero-order valence-corrected chi connectivity index (χ0v) is 23.8. The normalized spacial score (nSPS) is 20.2. The number of halogens is 4. The number of rotatable bonds is 9. The van der Waals surface area contributed by atoms with Crippen LogP contribution in [0.15, 0.2) is 48.5 Å². The second kappa shape index (κ2) is 13.0. The molecule has 39 heavy (non-hydrogen) atoms. The monoisotopic (exact) mass is 579 g/mol. The predicted octanol–water partition coefficient (Wildman–Crippen LogP) is 6.58. The first-order valence-corrected chi connectivity index (χ1v) is 14.5. The van der Waals surface area contributed by atoms with Crippen LogP contribution in [-0.4, -0.2) is 47.8 Å². The molecule has 0 unspecified atom stereocenters. The highest BCUT2D eigenvalue weighted by atomic mass is 35.5. The zero-order chi connectivity index (χ0) is 28.0. The van der Waals surface area contributed by atoms with E-state index >= 15 is 0 Å². The van der Waals surface area contributed by atoms with E-state index in [4.69, 9.17) is 23.2 Å². The van der Waals surface area contributed by atoms with E-state index in [0.717, 1.165) is 50.0 Å². The van der Waals surface area contributed by atoms with Crippen molar-refractivity contribution in [1.82, 2.24) is 15.5 Å². The first kappa shape index (κ1) is 29.8. The number of hydrogen-bond donors (Lipinski definition) is 2. The third-order valence-electron chi connectivity index (χ3n) is 8.09. The minimum atomic E-state index is -2.65. The number of carbonyl (C=O) groups is 2. The van der Waals surface area contributed by atoms with E-state index in [2.05, 4.69) is 22.5 Å². The van der Waals surface area contributed by atoms with Gasteiger partial charge in [-0.2, -0.15) is 0 Å². The van der Waals surface area contributed by atoms with E-state index in [9.17, 15) is 18.4 Å². The number of nitrogens with one attached hydrogen (secondary N) is 2. The Bertz CT molecular complexity index is 1130. The van der Waals surface area contributed by atoms with Gasteiger partial charge in [-0.05, 0) is 62.3 Å². The Morgan fingerprint density at radius 1 is 1.00 bits per heavy atom. The summed E-state index contributed by atoms with van der Waals surface area (Å²) in [5, 5.41) is 7.27. The molecule has 2 aromatic carbocycles. The van der Waals surface area contributed by atoms with E-state index in [1.165, 1.54) is 0 Å². The summed E-state index contributed by atoms with van der Waals surface area (Å²) >= 11 is 12.1. The molecule has 4 rings (SSSR count). The van der Waals surface area contributed by atoms with Crippen molar-refractivity contribution in [2.75, 3.05) is 19.6 Å². The number of benzene rings is 2. The molecule has 1 aliphatic carbocycles. The van der Waals surface area contributed by atoms with Crippen molar-refractivity contribution in [2.45, 2.75) is 75.8 Å². The highest BCUT2D eigenvalue weighted by molar-refractivity contribution is 6.42. The van der Waals surface area contributed by atoms with Crippen molar-refractivity contribution in [3.8, 4) is 0 Å². The number of amides is 2. The quantitative estimate of drug-likeness (QED) is 0.352. The molecule has 1 atom stereocenters. The Morgan fingerprint density at radius 3 is 2.31 bits per heavy atom. The summed E-state index contributed by atoms with van der Waals surface area (Å²) in [5.74, 6) is -3.19. The van der Waals surface area contributed by atoms with E-state index in [-0.39, 0.29) is 61.4 Å². The molecule has 2 fully saturated rings. The number of likely N-dealkylation sites (tertiary alicyclic amines) is 1. The zero-order valence-electron chi connectivity index (χ0n) is 22.3. The molecule has 1 saturated carbocycles. The topological polar surface area (TPSA) is 61.4 Å². The minimum absolute atomic E-state index is 0.0448. The molecule has 1 aliphatic heterocycles. The molecule has 5 nitrogen and oxygen atoms in total. The van der Waals surface area contributed by atoms with Crippen LogP contribution in [0.4, 0.5) is 8.78 Å². The second-order valence-electron chi connectivity index (χ2n) is 11.3. The maximum atomic E-state index is 13.6. The third kappa shape index (κ3) is 8.63. The van der Waals surface area contributed by atoms with Crippen LogP contribution >= 0.6 is 23.2 Å². The molecular weight excluding hydrogens is 543 g/mol. The summed E-state index contributed by atoms with van der Waals surface area (Å²) < 4.78 is 27.2. The molecule has 0 bridgehead atoms. The molecule has 0 spiro atoms. The van der Waals surface area contributed by atoms with Gasteiger partial charge in [0.1, 0.15) is 0 Å². The van der Waals surface area contributed by atoms with Crippen molar-refractivity contribution in [3.63, 3.8) is 0 Å². The molecule has 9 heteroatoms. The van der Waals surface area contributed by atoms with Gasteiger partial charge >= 0.3 is 0 Å². The molecule has 2 N–H and O–H groups in total. The van der Waals surface area contributed by atoms with E-state index < -0.39 is 5.92 Å². The van der Waals surface area contributed by atoms with Crippen molar-refractivity contribution < 1.29 is 18.4 Å². The fraction of sp³-hybridized carbons (Fsp3) is 0.533. The summed E-state index contributed by atoms with van der Waals surface area (Å²) in [7, 11) is 0. The van der Waals surface area contributed by atoms with Crippen molar-refractivity contribution in [1.29, 1.82) is 0 Å². The molecule has 2 aromatic rings. The summed E-state index contributed by atoms with van der Waals surface area (Å²) in [6.07, 6.45) is 2.60. The molecule has 0 aromatic heterocycles. The Labute approximate surface area is 239 Å². The summed E-state index contributed by atoms with van der Waals surface area (Å²) in [6, 6.07) is 14.9. The lowest BCUT2D eigenvalue weighted by Gasteiger charge is -2.40. The average molecular weight is 581 g/mol. The van der Waals surface area contributed by atoms with E-state index in [1.54, 1.807) is 12.1 Å². The molecule has 2 amide bonds. The number of hydrogen-bond acceptors (Lipinski definition) is 3. The van der Waals surface area contributed by atoms with Crippen molar-refractivity contribution in [3.05, 3.63) is 69.7 Å². The van der Waals surface area contributed by atoms with Crippen LogP contribution in [0.1, 0.15) is 69.0 Å². The van der Waals surface area contributed by atoms with Gasteiger partial charge in [-0.1, -0.05) is 59.6 Å². The molecule has 1 saturated heterocycles. The molecule has 212 valence electrons. The van der Waals surface area contributed by atoms with Gasteiger partial charge in [0.15, 0.2) is 0 Å². The highest BCUT2D eigenvalue weighted by Gasteiger charge is 2.38. The van der Waals surface area contributed by atoms with Crippen LogP contribution in [0.3, 0.4) is 0 Å². The van der Waals surface area contributed by atoms with Gasteiger partial charge in [0, 0.05) is 43.9 Å². The number of piperidine rings is 1. The van der Waals surface area contributed by atoms with Gasteiger partial charge in [-0.15, -0.1) is 0 Å². The number of carbonyl (C=O) groups excluding carboxylic acids is 2. The lowest BCUT2D eigenvalue weighted by molar-refractivity contribution is -0.130. The van der Waals surface area contributed by atoms with Crippen LogP contribution in [0.25, 0.3) is 0 Å². The summed E-state index contributed by atoms with van der Waals surface area (Å²) in [5.41, 5.74) is 1.54. The SMILES string of the molecule is CC1(NC(=O)Cc2ccc(Cl)c(Cl)c2)CCN(CC[C@H](NC(=O)C2CCC(F)(F)CC2)c2ccccc2)CC1. The van der Waals surface area contributed by atoms with Gasteiger partial charge in [0.2, 0.25) is 17.7 Å². The van der Waals surface area contributed by atoms with Crippen molar-refractivity contribution in [2.24, 2.45) is 5.92 Å². The Kier molecular flexibility index (Phi) is 9.89. The largest absolute Gasteiger partial charge is 0.351 e. The Hall–Kier alpha value is -2.22. The lowest BCUT2D eigenvalue weighted by atomic mass is 9.86. The molecular formula is C30H37Cl2F2N3O2. The minimum Gasteiger partial charge on any atom is -0.351 e. The number of alkyl halides is 2. The standard InChI is InChI=1S/C30H37Cl2F2N3O2/c1-29(36-27(38)20-21-7-8-24(31)25(32)19-21)14-17-37(18-15-29)16-11-26(22-5-3-2-4-6-22)35-28(39)23-9-12-30(33,34)13-10-23/h2-8,19,23,26H,9-18,20H2,1H3,(H,35,39)(H,36,38)/t26-/m0/s1. The summed E-state index contributed by atoms with van der Waals surface area (Å²) in [6.45, 7) is 4.53. The van der Waals surface area contributed by atoms with E-state index in [1.807, 2.05) is 36.4 Å². The molecule has 2 aliphatic rings.